The smallest absolute Gasteiger partial charge is 0.211 e. The van der Waals surface area contributed by atoms with Crippen LogP contribution in [0.2, 0.25) is 0 Å². The van der Waals surface area contributed by atoms with Crippen LogP contribution in [0, 0.1) is 0 Å². The number of nitrogens with one attached hydrogen (secondary N) is 2. The summed E-state index contributed by atoms with van der Waals surface area (Å²) in [6, 6.07) is 68.7. The summed E-state index contributed by atoms with van der Waals surface area (Å²) in [5.74, 6) is 2.31. The topological polar surface area (TPSA) is 74.2 Å². The fourth-order valence-electron chi connectivity index (χ4n) is 9.98. The van der Waals surface area contributed by atoms with E-state index < -0.39 is 5.66 Å². The minimum atomic E-state index is -0.560. The van der Waals surface area contributed by atoms with E-state index in [9.17, 15) is 0 Å². The number of benzene rings is 8. The Balaban J connectivity index is 0.962. The van der Waals surface area contributed by atoms with Gasteiger partial charge in [0.15, 0.2) is 12.1 Å². The zero-order chi connectivity index (χ0) is 43.9. The summed E-state index contributed by atoms with van der Waals surface area (Å²) in [4.78, 5) is 23.3. The maximum Gasteiger partial charge on any atom is 0.211 e. The summed E-state index contributed by atoms with van der Waals surface area (Å²) in [5, 5.41) is 12.5. The second-order valence-electron chi connectivity index (χ2n) is 17.1. The predicted octanol–water partition coefficient (Wildman–Crippen LogP) is 12.8. The van der Waals surface area contributed by atoms with E-state index >= 15 is 0 Å². The fourth-order valence-corrected chi connectivity index (χ4v) is 12.5. The van der Waals surface area contributed by atoms with Gasteiger partial charge in [0.25, 0.3) is 0 Å². The van der Waals surface area contributed by atoms with Crippen molar-refractivity contribution < 1.29 is 0 Å². The minimum absolute atomic E-state index is 0.309. The van der Waals surface area contributed by atoms with Gasteiger partial charge in [-0.2, -0.15) is 4.99 Å². The molecule has 10 heteroatoms. The summed E-state index contributed by atoms with van der Waals surface area (Å²) in [5.41, 5.74) is 8.21. The van der Waals surface area contributed by atoms with Crippen LogP contribution in [0.15, 0.2) is 229 Å². The van der Waals surface area contributed by atoms with Crippen LogP contribution in [-0.4, -0.2) is 38.7 Å². The average Bonchev–Trinajstić information content (AvgIpc) is 3.91. The van der Waals surface area contributed by atoms with E-state index in [2.05, 4.69) is 208 Å². The summed E-state index contributed by atoms with van der Waals surface area (Å²) in [7, 11) is 2.18. The SMILES string of the molecule is CN1C(n2c3ccccc3c3c4c(ccc32)Sc2c(ccc3c2c2ccccc2n3C2=NC(c3ccccc3)=NC(c3ccccc3)N2)S4)N=C(c2ccccc2)NC1(C)c1ccccc1. The van der Waals surface area contributed by atoms with Gasteiger partial charge in [0.1, 0.15) is 17.7 Å². The van der Waals surface area contributed by atoms with Crippen LogP contribution in [0.3, 0.4) is 0 Å². The van der Waals surface area contributed by atoms with E-state index in [1.165, 1.54) is 46.7 Å². The zero-order valence-corrected chi connectivity index (χ0v) is 37.8. The Bertz CT molecular complexity index is 3640. The van der Waals surface area contributed by atoms with Crippen molar-refractivity contribution in [1.29, 1.82) is 0 Å². The van der Waals surface area contributed by atoms with E-state index in [0.29, 0.717) is 5.84 Å². The summed E-state index contributed by atoms with van der Waals surface area (Å²) >= 11 is 3.74. The molecule has 0 saturated heterocycles. The largest absolute Gasteiger partial charge is 0.348 e. The lowest BCUT2D eigenvalue weighted by Gasteiger charge is -2.47. The molecule has 3 aliphatic heterocycles. The fraction of sp³-hybridized carbons (Fsp3) is 0.0893. The Morgan fingerprint density at radius 3 is 1.76 bits per heavy atom. The highest BCUT2D eigenvalue weighted by Gasteiger charge is 2.42. The van der Waals surface area contributed by atoms with E-state index in [1.54, 1.807) is 0 Å². The van der Waals surface area contributed by atoms with Crippen LogP contribution in [0.4, 0.5) is 0 Å². The van der Waals surface area contributed by atoms with Crippen LogP contribution in [-0.2, 0) is 5.66 Å². The summed E-state index contributed by atoms with van der Waals surface area (Å²) in [6.07, 6.45) is -0.659. The minimum Gasteiger partial charge on any atom is -0.348 e. The molecule has 8 aromatic carbocycles. The molecule has 5 heterocycles. The van der Waals surface area contributed by atoms with Crippen molar-refractivity contribution in [1.82, 2.24) is 24.7 Å². The second-order valence-corrected chi connectivity index (χ2v) is 19.2. The molecule has 0 fully saturated rings. The number of aliphatic imine (C=N–C) groups is 3. The van der Waals surface area contributed by atoms with Crippen molar-refractivity contribution in [2.45, 2.75) is 44.6 Å². The van der Waals surface area contributed by atoms with Crippen molar-refractivity contribution in [2.75, 3.05) is 7.05 Å². The first-order chi connectivity index (χ1) is 32.5. The third-order valence-electron chi connectivity index (χ3n) is 13.3. The molecule has 0 radical (unpaired) electrons. The molecule has 3 aliphatic rings. The predicted molar refractivity (Wildman–Crippen MR) is 272 cm³/mol. The highest BCUT2D eigenvalue weighted by atomic mass is 32.2. The van der Waals surface area contributed by atoms with Gasteiger partial charge in [-0.1, -0.05) is 181 Å². The van der Waals surface area contributed by atoms with Gasteiger partial charge >= 0.3 is 0 Å². The molecule has 13 rings (SSSR count). The number of hydrogen-bond donors (Lipinski definition) is 2. The molecule has 0 amide bonds. The summed E-state index contributed by atoms with van der Waals surface area (Å²) in [6.45, 7) is 2.26. The van der Waals surface area contributed by atoms with Crippen LogP contribution in [0.1, 0.15) is 41.6 Å². The standard InChI is InChI=1S/C56H42N8S2/c1-56(38-25-13-6-14-26-38)61-53(37-23-11-5-12-24-37)60-55(62(56)2)64-42-30-18-16-28-40(42)48-44(64)32-34-46-50(48)66-45-33-31-43-47(49(45)65-46)39-27-15-17-29-41(39)63(43)54-58-51(35-19-7-3-8-20-35)57-52(59-54)36-21-9-4-10-22-36/h3-34,51,55H,1-2H3,(H,60,61)(H,57,58,59). The highest BCUT2D eigenvalue weighted by molar-refractivity contribution is 8.05. The summed E-state index contributed by atoms with van der Waals surface area (Å²) < 4.78 is 4.74. The van der Waals surface area contributed by atoms with Crippen molar-refractivity contribution in [2.24, 2.45) is 15.0 Å². The molecule has 10 aromatic rings. The van der Waals surface area contributed by atoms with Crippen molar-refractivity contribution in [3.63, 3.8) is 0 Å². The van der Waals surface area contributed by atoms with E-state index in [4.69, 9.17) is 15.0 Å². The van der Waals surface area contributed by atoms with Gasteiger partial charge in [-0.3, -0.25) is 4.57 Å². The Labute approximate surface area is 390 Å². The normalized spacial score (nSPS) is 19.5. The maximum absolute atomic E-state index is 5.55. The highest BCUT2D eigenvalue weighted by Crippen LogP contribution is 2.56. The Morgan fingerprint density at radius 1 is 0.530 bits per heavy atom. The van der Waals surface area contributed by atoms with E-state index in [0.717, 1.165) is 50.6 Å². The van der Waals surface area contributed by atoms with Crippen LogP contribution in [0.25, 0.3) is 43.6 Å². The number of aromatic nitrogens is 2. The molecular formula is C56H42N8S2. The Hall–Kier alpha value is -7.37. The lowest BCUT2D eigenvalue weighted by atomic mass is 9.97. The number of nitrogens with zero attached hydrogens (tertiary/aromatic N) is 6. The number of amidine groups is 2. The van der Waals surface area contributed by atoms with Crippen LogP contribution < -0.4 is 10.6 Å². The van der Waals surface area contributed by atoms with Gasteiger partial charge in [0, 0.05) is 52.3 Å². The van der Waals surface area contributed by atoms with Gasteiger partial charge in [0.05, 0.1) is 22.1 Å². The number of hydrogen-bond acceptors (Lipinski definition) is 8. The van der Waals surface area contributed by atoms with Crippen molar-refractivity contribution >= 4 is 84.8 Å². The van der Waals surface area contributed by atoms with Crippen molar-refractivity contribution in [3.8, 4) is 0 Å². The monoisotopic (exact) mass is 890 g/mol. The average molecular weight is 891 g/mol. The van der Waals surface area contributed by atoms with Gasteiger partial charge < -0.3 is 15.2 Å². The molecule has 8 nitrogen and oxygen atoms in total. The molecule has 2 aromatic heterocycles. The Morgan fingerprint density at radius 2 is 1.08 bits per heavy atom. The van der Waals surface area contributed by atoms with E-state index in [-0.39, 0.29) is 12.5 Å². The number of fused-ring (bicyclic) bond motifs is 10. The van der Waals surface area contributed by atoms with Crippen molar-refractivity contribution in [3.05, 3.63) is 216 Å². The maximum atomic E-state index is 5.55. The molecule has 0 saturated carbocycles. The second kappa shape index (κ2) is 15.4. The first-order valence-electron chi connectivity index (χ1n) is 22.2. The molecule has 0 aliphatic carbocycles. The molecule has 0 spiro atoms. The molecule has 66 heavy (non-hydrogen) atoms. The van der Waals surface area contributed by atoms with Gasteiger partial charge in [-0.05, 0) is 61.5 Å². The van der Waals surface area contributed by atoms with Gasteiger partial charge in [0.2, 0.25) is 5.96 Å². The number of rotatable bonds is 5. The first-order valence-corrected chi connectivity index (χ1v) is 23.9. The molecule has 3 atom stereocenters. The van der Waals surface area contributed by atoms with Gasteiger partial charge in [-0.15, -0.1) is 0 Å². The van der Waals surface area contributed by atoms with Crippen LogP contribution in [0.5, 0.6) is 0 Å². The van der Waals surface area contributed by atoms with Gasteiger partial charge in [-0.25, -0.2) is 14.9 Å². The molecule has 0 bridgehead atoms. The first kappa shape index (κ1) is 39.0. The molecule has 3 unspecified atom stereocenters. The lowest BCUT2D eigenvalue weighted by Crippen LogP contribution is -2.59. The Kier molecular flexibility index (Phi) is 9.09. The number of para-hydroxylation sites is 2. The molecular weight excluding hydrogens is 849 g/mol. The third-order valence-corrected chi connectivity index (χ3v) is 16.0. The molecule has 318 valence electrons. The van der Waals surface area contributed by atoms with E-state index in [1.807, 2.05) is 47.8 Å². The third kappa shape index (κ3) is 6.09. The quantitative estimate of drug-likeness (QED) is 0.180. The molecule has 2 N–H and O–H groups in total. The van der Waals surface area contributed by atoms with Crippen LogP contribution >= 0.6 is 23.5 Å². The lowest BCUT2D eigenvalue weighted by molar-refractivity contribution is 0.0297. The zero-order valence-electron chi connectivity index (χ0n) is 36.1.